The Balaban J connectivity index is 1.84. The van der Waals surface area contributed by atoms with Gasteiger partial charge in [0, 0.05) is 19.2 Å². The molecule has 98 valence electrons. The van der Waals surface area contributed by atoms with Gasteiger partial charge in [-0.3, -0.25) is 0 Å². The van der Waals surface area contributed by atoms with Crippen LogP contribution in [0.25, 0.3) is 0 Å². The topological polar surface area (TPSA) is 42.1 Å². The van der Waals surface area contributed by atoms with Crippen molar-refractivity contribution in [1.82, 2.24) is 4.98 Å². The molecule has 18 heavy (non-hydrogen) atoms. The lowest BCUT2D eigenvalue weighted by Crippen LogP contribution is -2.30. The average Bonchev–Trinajstić information content (AvgIpc) is 3.17. The predicted molar refractivity (Wildman–Crippen MR) is 66.2 cm³/mol. The van der Waals surface area contributed by atoms with Crippen molar-refractivity contribution in [2.45, 2.75) is 25.7 Å². The van der Waals surface area contributed by atoms with Crippen LogP contribution >= 0.6 is 0 Å². The quantitative estimate of drug-likeness (QED) is 0.877. The highest BCUT2D eigenvalue weighted by Crippen LogP contribution is 2.36. The molecule has 0 unspecified atom stereocenters. The number of nitrogens with zero attached hydrogens (tertiary/aromatic N) is 2. The van der Waals surface area contributed by atoms with Crippen molar-refractivity contribution in [3.05, 3.63) is 17.7 Å². The molecule has 0 spiro atoms. The van der Waals surface area contributed by atoms with Crippen molar-refractivity contribution >= 4 is 11.6 Å². The number of halogens is 2. The molecule has 2 aliphatic rings. The van der Waals surface area contributed by atoms with Gasteiger partial charge < -0.3 is 10.6 Å². The van der Waals surface area contributed by atoms with Crippen molar-refractivity contribution in [1.29, 1.82) is 0 Å². The Hall–Kier alpha value is -1.39. The number of anilines is 2. The molecule has 2 aliphatic carbocycles. The van der Waals surface area contributed by atoms with Gasteiger partial charge in [0.1, 0.15) is 0 Å². The second-order valence-electron chi connectivity index (χ2n) is 5.45. The highest BCUT2D eigenvalue weighted by molar-refractivity contribution is 5.47. The van der Waals surface area contributed by atoms with E-state index in [1.807, 2.05) is 4.90 Å². The monoisotopic (exact) mass is 253 g/mol. The summed E-state index contributed by atoms with van der Waals surface area (Å²) < 4.78 is 26.9. The van der Waals surface area contributed by atoms with Crippen molar-refractivity contribution in [2.24, 2.45) is 11.8 Å². The molecule has 0 saturated heterocycles. The zero-order chi connectivity index (χ0) is 12.7. The van der Waals surface area contributed by atoms with E-state index in [0.717, 1.165) is 19.2 Å². The maximum atomic E-state index is 13.8. The number of pyridine rings is 1. The molecule has 2 saturated carbocycles. The van der Waals surface area contributed by atoms with Gasteiger partial charge in [-0.05, 0) is 37.5 Å². The van der Waals surface area contributed by atoms with Gasteiger partial charge in [-0.25, -0.2) is 13.8 Å². The fraction of sp³-hybridized carbons (Fsp3) is 0.615. The lowest BCUT2D eigenvalue weighted by atomic mass is 10.3. The van der Waals surface area contributed by atoms with Crippen LogP contribution in [0.2, 0.25) is 0 Å². The van der Waals surface area contributed by atoms with Crippen LogP contribution in [-0.4, -0.2) is 18.1 Å². The zero-order valence-electron chi connectivity index (χ0n) is 10.2. The minimum absolute atomic E-state index is 0.215. The van der Waals surface area contributed by atoms with Crippen LogP contribution in [0.4, 0.5) is 20.4 Å². The van der Waals surface area contributed by atoms with Crippen LogP contribution in [0.3, 0.4) is 0 Å². The molecule has 3 rings (SSSR count). The molecule has 3 nitrogen and oxygen atoms in total. The minimum atomic E-state index is -0.783. The van der Waals surface area contributed by atoms with Crippen molar-refractivity contribution < 1.29 is 8.78 Å². The summed E-state index contributed by atoms with van der Waals surface area (Å²) in [5.41, 5.74) is 5.44. The van der Waals surface area contributed by atoms with Gasteiger partial charge in [-0.2, -0.15) is 0 Å². The van der Waals surface area contributed by atoms with E-state index in [1.54, 1.807) is 0 Å². The molecule has 2 fully saturated rings. The molecule has 0 aliphatic heterocycles. The summed E-state index contributed by atoms with van der Waals surface area (Å²) in [5, 5.41) is 0. The summed E-state index contributed by atoms with van der Waals surface area (Å²) in [6.45, 7) is 1.62. The van der Waals surface area contributed by atoms with E-state index in [9.17, 15) is 8.78 Å². The van der Waals surface area contributed by atoms with E-state index in [0.29, 0.717) is 11.8 Å². The molecule has 0 bridgehead atoms. The van der Waals surface area contributed by atoms with E-state index in [4.69, 9.17) is 5.73 Å². The van der Waals surface area contributed by atoms with E-state index >= 15 is 0 Å². The molecule has 0 amide bonds. The van der Waals surface area contributed by atoms with Gasteiger partial charge in [0.15, 0.2) is 23.3 Å². The first kappa shape index (κ1) is 11.7. The molecule has 1 heterocycles. The third-order valence-corrected chi connectivity index (χ3v) is 3.59. The van der Waals surface area contributed by atoms with Crippen LogP contribution in [0, 0.1) is 23.5 Å². The minimum Gasteiger partial charge on any atom is -0.381 e. The SMILES string of the molecule is Nc1nc(N(CC2CC2)CC2CC2)c(F)cc1F. The molecule has 0 aromatic carbocycles. The van der Waals surface area contributed by atoms with Crippen LogP contribution in [0.15, 0.2) is 6.07 Å². The summed E-state index contributed by atoms with van der Waals surface area (Å²) in [6, 6.07) is 0.838. The number of aromatic nitrogens is 1. The first-order valence-electron chi connectivity index (χ1n) is 6.50. The summed E-state index contributed by atoms with van der Waals surface area (Å²) in [4.78, 5) is 5.83. The first-order chi connectivity index (χ1) is 8.63. The van der Waals surface area contributed by atoms with E-state index in [1.165, 1.54) is 25.7 Å². The van der Waals surface area contributed by atoms with Crippen LogP contribution in [-0.2, 0) is 0 Å². The number of hydrogen-bond donors (Lipinski definition) is 1. The molecule has 1 aromatic heterocycles. The average molecular weight is 253 g/mol. The van der Waals surface area contributed by atoms with Gasteiger partial charge in [-0.1, -0.05) is 0 Å². The van der Waals surface area contributed by atoms with Crippen molar-refractivity contribution in [3.8, 4) is 0 Å². The third-order valence-electron chi connectivity index (χ3n) is 3.59. The number of nitrogens with two attached hydrogens (primary N) is 1. The van der Waals surface area contributed by atoms with Gasteiger partial charge in [0.05, 0.1) is 0 Å². The fourth-order valence-electron chi connectivity index (χ4n) is 2.16. The largest absolute Gasteiger partial charge is 0.381 e. The second kappa shape index (κ2) is 4.37. The van der Waals surface area contributed by atoms with Gasteiger partial charge in [0.25, 0.3) is 0 Å². The van der Waals surface area contributed by atoms with E-state index < -0.39 is 11.6 Å². The maximum absolute atomic E-state index is 13.8. The second-order valence-corrected chi connectivity index (χ2v) is 5.45. The molecule has 0 atom stereocenters. The Morgan fingerprint density at radius 3 is 2.17 bits per heavy atom. The van der Waals surface area contributed by atoms with Crippen molar-refractivity contribution in [3.63, 3.8) is 0 Å². The standard InChI is InChI=1S/C13H17F2N3/c14-10-5-11(15)13(17-12(10)16)18(6-8-1-2-8)7-9-3-4-9/h5,8-9H,1-4,6-7H2,(H2,16,17). The lowest BCUT2D eigenvalue weighted by Gasteiger charge is -2.24. The van der Waals surface area contributed by atoms with Crippen LogP contribution < -0.4 is 10.6 Å². The predicted octanol–water partition coefficient (Wildman–Crippen LogP) is 2.57. The molecular formula is C13H17F2N3. The first-order valence-corrected chi connectivity index (χ1v) is 6.50. The summed E-state index contributed by atoms with van der Waals surface area (Å²) in [6.07, 6.45) is 4.78. The van der Waals surface area contributed by atoms with E-state index in [-0.39, 0.29) is 11.6 Å². The Kier molecular flexibility index (Phi) is 2.84. The van der Waals surface area contributed by atoms with Gasteiger partial charge in [-0.15, -0.1) is 0 Å². The van der Waals surface area contributed by atoms with Crippen LogP contribution in [0.1, 0.15) is 25.7 Å². The number of nitrogen functional groups attached to an aromatic ring is 1. The molecule has 2 N–H and O–H groups in total. The maximum Gasteiger partial charge on any atom is 0.168 e. The lowest BCUT2D eigenvalue weighted by molar-refractivity contribution is 0.563. The molecule has 5 heteroatoms. The molecular weight excluding hydrogens is 236 g/mol. The third kappa shape index (κ3) is 2.54. The smallest absolute Gasteiger partial charge is 0.168 e. The van der Waals surface area contributed by atoms with E-state index in [2.05, 4.69) is 4.98 Å². The van der Waals surface area contributed by atoms with Crippen LogP contribution in [0.5, 0.6) is 0 Å². The molecule has 0 radical (unpaired) electrons. The van der Waals surface area contributed by atoms with Gasteiger partial charge >= 0.3 is 0 Å². The Morgan fingerprint density at radius 1 is 1.11 bits per heavy atom. The molecule has 1 aromatic rings. The summed E-state index contributed by atoms with van der Waals surface area (Å²) in [5.74, 6) is -0.125. The highest BCUT2D eigenvalue weighted by atomic mass is 19.1. The highest BCUT2D eigenvalue weighted by Gasteiger charge is 2.31. The summed E-state index contributed by atoms with van der Waals surface area (Å²) in [7, 11) is 0. The fourth-order valence-corrected chi connectivity index (χ4v) is 2.16. The summed E-state index contributed by atoms with van der Waals surface area (Å²) >= 11 is 0. The normalized spacial score (nSPS) is 19.0. The van der Waals surface area contributed by atoms with Gasteiger partial charge in [0.2, 0.25) is 0 Å². The number of hydrogen-bond acceptors (Lipinski definition) is 3. The Morgan fingerprint density at radius 2 is 1.67 bits per heavy atom. The zero-order valence-corrected chi connectivity index (χ0v) is 10.2. The Bertz CT molecular complexity index is 442. The van der Waals surface area contributed by atoms with Crippen molar-refractivity contribution in [2.75, 3.05) is 23.7 Å². The number of rotatable bonds is 5. The Labute approximate surface area is 105 Å².